The molecule has 1 fully saturated rings. The fourth-order valence-corrected chi connectivity index (χ4v) is 4.43. The molecule has 1 aromatic carbocycles. The summed E-state index contributed by atoms with van der Waals surface area (Å²) in [6, 6.07) is 7.64. The lowest BCUT2D eigenvalue weighted by molar-refractivity contribution is -0.138. The van der Waals surface area contributed by atoms with Crippen LogP contribution in [0.15, 0.2) is 24.3 Å². The Morgan fingerprint density at radius 3 is 2.79 bits per heavy atom. The molecule has 1 aliphatic heterocycles. The summed E-state index contributed by atoms with van der Waals surface area (Å²) in [6.07, 6.45) is 3.04. The van der Waals surface area contributed by atoms with Gasteiger partial charge < -0.3 is 14.7 Å². The minimum atomic E-state index is -0.907. The number of aryl methyl sites for hydroxylation is 1. The number of carboxylic acid groups (broad SMARTS) is 1. The van der Waals surface area contributed by atoms with Crippen LogP contribution < -0.4 is 0 Å². The normalized spacial score (nSPS) is 21.1. The Morgan fingerprint density at radius 2 is 2.07 bits per heavy atom. The third-order valence-corrected chi connectivity index (χ3v) is 5.86. The number of benzene rings is 1. The van der Waals surface area contributed by atoms with Gasteiger partial charge in [-0.2, -0.15) is 5.10 Å². The van der Waals surface area contributed by atoms with Crippen LogP contribution in [0, 0.1) is 6.92 Å². The third-order valence-electron chi connectivity index (χ3n) is 5.86. The number of ether oxygens (including phenoxy) is 1. The van der Waals surface area contributed by atoms with Crippen molar-refractivity contribution in [3.8, 4) is 5.69 Å². The van der Waals surface area contributed by atoms with Crippen molar-refractivity contribution in [3.05, 3.63) is 46.8 Å². The Balaban J connectivity index is 1.71. The van der Waals surface area contributed by atoms with Gasteiger partial charge in [0.1, 0.15) is 0 Å². The molecule has 2 aliphatic rings. The number of aliphatic carboxylic acids is 1. The van der Waals surface area contributed by atoms with Gasteiger partial charge in [0.25, 0.3) is 5.91 Å². The molecular weight excluding hydrogens is 358 g/mol. The van der Waals surface area contributed by atoms with Crippen molar-refractivity contribution in [2.45, 2.75) is 51.2 Å². The van der Waals surface area contributed by atoms with Crippen LogP contribution in [0.3, 0.4) is 0 Å². The number of likely N-dealkylation sites (tertiary alicyclic amines) is 1. The maximum Gasteiger partial charge on any atom is 0.305 e. The molecule has 1 saturated heterocycles. The van der Waals surface area contributed by atoms with E-state index in [0.29, 0.717) is 18.7 Å². The highest BCUT2D eigenvalue weighted by Gasteiger charge is 2.39. The Bertz CT molecular complexity index is 920. The number of hydrogen-bond acceptors (Lipinski definition) is 4. The predicted octanol–water partition coefficient (Wildman–Crippen LogP) is 2.37. The molecule has 2 aromatic rings. The zero-order valence-electron chi connectivity index (χ0n) is 16.2. The van der Waals surface area contributed by atoms with E-state index in [1.807, 2.05) is 35.9 Å². The number of carbonyl (C=O) groups excluding carboxylic acids is 1. The van der Waals surface area contributed by atoms with Gasteiger partial charge in [-0.3, -0.25) is 9.59 Å². The lowest BCUT2D eigenvalue weighted by Crippen LogP contribution is -2.38. The van der Waals surface area contributed by atoms with Gasteiger partial charge in [0.2, 0.25) is 0 Å². The van der Waals surface area contributed by atoms with Crippen molar-refractivity contribution in [1.29, 1.82) is 0 Å². The second kappa shape index (κ2) is 7.39. The van der Waals surface area contributed by atoms with E-state index in [0.717, 1.165) is 41.8 Å². The number of methoxy groups -OCH3 is 1. The van der Waals surface area contributed by atoms with E-state index in [-0.39, 0.29) is 24.5 Å². The molecule has 0 saturated carbocycles. The lowest BCUT2D eigenvalue weighted by atomic mass is 10.1. The van der Waals surface area contributed by atoms with Gasteiger partial charge >= 0.3 is 5.97 Å². The summed E-state index contributed by atoms with van der Waals surface area (Å²) in [6.45, 7) is 2.44. The molecule has 0 bridgehead atoms. The molecule has 0 radical (unpaired) electrons. The van der Waals surface area contributed by atoms with E-state index in [1.165, 1.54) is 0 Å². The van der Waals surface area contributed by atoms with E-state index in [4.69, 9.17) is 9.84 Å². The number of para-hydroxylation sites is 1. The van der Waals surface area contributed by atoms with Crippen molar-refractivity contribution >= 4 is 11.9 Å². The number of amides is 1. The fraction of sp³-hybridized carbons (Fsp3) is 0.476. The molecule has 2 atom stereocenters. The number of carboxylic acids is 1. The van der Waals surface area contributed by atoms with Crippen LogP contribution in [0.4, 0.5) is 0 Å². The summed E-state index contributed by atoms with van der Waals surface area (Å²) in [7, 11) is 1.60. The zero-order valence-corrected chi connectivity index (χ0v) is 16.2. The first kappa shape index (κ1) is 18.7. The molecule has 1 amide bonds. The van der Waals surface area contributed by atoms with Gasteiger partial charge in [-0.25, -0.2) is 4.68 Å². The number of aromatic nitrogens is 2. The van der Waals surface area contributed by atoms with E-state index >= 15 is 0 Å². The number of nitrogens with zero attached hydrogens (tertiary/aromatic N) is 3. The molecule has 4 rings (SSSR count). The van der Waals surface area contributed by atoms with Crippen molar-refractivity contribution in [1.82, 2.24) is 14.7 Å². The van der Waals surface area contributed by atoms with Crippen LogP contribution in [-0.2, 0) is 22.4 Å². The summed E-state index contributed by atoms with van der Waals surface area (Å²) in [5.74, 6) is -1.09. The quantitative estimate of drug-likeness (QED) is 0.857. The van der Waals surface area contributed by atoms with Crippen LogP contribution in [0.2, 0.25) is 0 Å². The molecule has 7 heteroatoms. The highest BCUT2D eigenvalue weighted by Crippen LogP contribution is 2.32. The first-order valence-corrected chi connectivity index (χ1v) is 9.72. The van der Waals surface area contributed by atoms with Gasteiger partial charge in [-0.1, -0.05) is 18.2 Å². The Labute approximate surface area is 163 Å². The van der Waals surface area contributed by atoms with E-state index < -0.39 is 5.97 Å². The molecule has 28 heavy (non-hydrogen) atoms. The Kier molecular flexibility index (Phi) is 4.93. The maximum absolute atomic E-state index is 13.4. The van der Waals surface area contributed by atoms with Crippen molar-refractivity contribution < 1.29 is 19.4 Å². The van der Waals surface area contributed by atoms with Gasteiger partial charge in [-0.05, 0) is 44.2 Å². The van der Waals surface area contributed by atoms with E-state index in [2.05, 4.69) is 0 Å². The monoisotopic (exact) mass is 383 g/mol. The number of fused-ring (bicyclic) bond motifs is 1. The molecule has 2 unspecified atom stereocenters. The average molecular weight is 383 g/mol. The smallest absolute Gasteiger partial charge is 0.305 e. The second-order valence-electron chi connectivity index (χ2n) is 7.63. The van der Waals surface area contributed by atoms with Gasteiger partial charge in [-0.15, -0.1) is 0 Å². The van der Waals surface area contributed by atoms with Crippen LogP contribution in [0.1, 0.15) is 46.6 Å². The van der Waals surface area contributed by atoms with E-state index in [1.54, 1.807) is 12.0 Å². The summed E-state index contributed by atoms with van der Waals surface area (Å²) in [5.41, 5.74) is 4.64. The molecule has 7 nitrogen and oxygen atoms in total. The highest BCUT2D eigenvalue weighted by atomic mass is 16.5. The Morgan fingerprint density at radius 1 is 1.29 bits per heavy atom. The van der Waals surface area contributed by atoms with Gasteiger partial charge in [0.05, 0.1) is 18.2 Å². The van der Waals surface area contributed by atoms with E-state index in [9.17, 15) is 14.7 Å². The molecule has 148 valence electrons. The first-order valence-electron chi connectivity index (χ1n) is 9.72. The van der Waals surface area contributed by atoms with Crippen LogP contribution >= 0.6 is 0 Å². The number of hydrogen-bond donors (Lipinski definition) is 1. The van der Waals surface area contributed by atoms with Crippen LogP contribution in [0.5, 0.6) is 0 Å². The Hall–Kier alpha value is -2.67. The molecule has 1 aliphatic carbocycles. The zero-order chi connectivity index (χ0) is 19.8. The maximum atomic E-state index is 13.4. The third kappa shape index (κ3) is 3.20. The average Bonchev–Trinajstić information content (AvgIpc) is 3.36. The van der Waals surface area contributed by atoms with Crippen LogP contribution in [0.25, 0.3) is 5.69 Å². The SMILES string of the molecule is COC1CC(CC(=O)O)N(C(=O)c2nn(-c3ccccc3C)c3c2CCC3)C1. The molecular formula is C21H25N3O4. The lowest BCUT2D eigenvalue weighted by Gasteiger charge is -2.22. The standard InChI is InChI=1S/C21H25N3O4/c1-13-6-3-4-8-17(13)24-18-9-5-7-16(18)20(22-24)21(27)23-12-15(28-2)10-14(23)11-19(25)26/h3-4,6,8,14-15H,5,7,9-12H2,1-2H3,(H,25,26). The van der Waals surface area contributed by atoms with Gasteiger partial charge in [0, 0.05) is 31.0 Å². The molecule has 2 heterocycles. The van der Waals surface area contributed by atoms with Gasteiger partial charge in [0.15, 0.2) is 5.69 Å². The first-order chi connectivity index (χ1) is 13.5. The van der Waals surface area contributed by atoms with Crippen molar-refractivity contribution in [2.75, 3.05) is 13.7 Å². The largest absolute Gasteiger partial charge is 0.481 e. The second-order valence-corrected chi connectivity index (χ2v) is 7.63. The minimum Gasteiger partial charge on any atom is -0.481 e. The summed E-state index contributed by atoms with van der Waals surface area (Å²) < 4.78 is 7.31. The highest BCUT2D eigenvalue weighted by molar-refractivity contribution is 5.95. The number of rotatable bonds is 5. The minimum absolute atomic E-state index is 0.0771. The molecule has 1 N–H and O–H groups in total. The molecule has 0 spiro atoms. The topological polar surface area (TPSA) is 84.7 Å². The summed E-state index contributed by atoms with van der Waals surface area (Å²) in [5, 5.41) is 14.0. The van der Waals surface area contributed by atoms with Crippen molar-refractivity contribution in [3.63, 3.8) is 0 Å². The van der Waals surface area contributed by atoms with Crippen LogP contribution in [-0.4, -0.2) is 57.5 Å². The number of carbonyl (C=O) groups is 2. The summed E-state index contributed by atoms with van der Waals surface area (Å²) >= 11 is 0. The van der Waals surface area contributed by atoms with Crippen molar-refractivity contribution in [2.24, 2.45) is 0 Å². The summed E-state index contributed by atoms with van der Waals surface area (Å²) in [4.78, 5) is 26.3. The fourth-order valence-electron chi connectivity index (χ4n) is 4.43. The molecule has 1 aromatic heterocycles. The predicted molar refractivity (Wildman–Crippen MR) is 103 cm³/mol.